The number of nitrogens with zero attached hydrogens (tertiary/aromatic N) is 3. The highest BCUT2D eigenvalue weighted by molar-refractivity contribution is 7.89. The molecule has 1 atom stereocenters. The van der Waals surface area contributed by atoms with E-state index in [0.29, 0.717) is 6.54 Å². The van der Waals surface area contributed by atoms with E-state index in [1.807, 2.05) is 6.92 Å². The molecule has 0 bridgehead atoms. The molecule has 8 nitrogen and oxygen atoms in total. The molecule has 0 radical (unpaired) electrons. The summed E-state index contributed by atoms with van der Waals surface area (Å²) in [5.41, 5.74) is 5.66. The molecule has 1 rings (SSSR count). The first kappa shape index (κ1) is 17.7. The molecular weight excluding hydrogens is 314 g/mol. The molecule has 0 fully saturated rings. The Morgan fingerprint density at radius 3 is 2.48 bits per heavy atom. The zero-order chi connectivity index (χ0) is 16.4. The maximum atomic E-state index is 12.3. The maximum Gasteiger partial charge on any atom is 0.249 e. The first-order valence-corrected chi connectivity index (χ1v) is 8.53. The minimum atomic E-state index is -3.72. The number of amides is 1. The number of aromatic nitrogens is 1. The minimum absolute atomic E-state index is 0.0697. The number of nitrogens with one attached hydrogen (secondary N) is 1. The van der Waals surface area contributed by atoms with Crippen LogP contribution in [0.4, 0.5) is 10.8 Å². The highest BCUT2D eigenvalue weighted by Gasteiger charge is 2.29. The van der Waals surface area contributed by atoms with E-state index in [1.165, 1.54) is 14.1 Å². The van der Waals surface area contributed by atoms with Crippen LogP contribution >= 0.6 is 11.5 Å². The number of nitrogens with two attached hydrogens (primary N) is 1. The number of rotatable bonds is 6. The smallest absolute Gasteiger partial charge is 0.249 e. The zero-order valence-corrected chi connectivity index (χ0v) is 14.4. The number of hydrogen-bond donors (Lipinski definition) is 2. The predicted octanol–water partition coefficient (Wildman–Crippen LogP) is 0.254. The molecule has 1 aromatic rings. The normalized spacial score (nSPS) is 13.2. The van der Waals surface area contributed by atoms with E-state index >= 15 is 0 Å². The Morgan fingerprint density at radius 2 is 2.00 bits per heavy atom. The van der Waals surface area contributed by atoms with E-state index in [4.69, 9.17) is 5.73 Å². The first-order valence-electron chi connectivity index (χ1n) is 6.32. The zero-order valence-electron chi connectivity index (χ0n) is 12.7. The van der Waals surface area contributed by atoms with Gasteiger partial charge in [-0.25, -0.2) is 12.7 Å². The third-order valence-electron chi connectivity index (χ3n) is 2.98. The third-order valence-corrected chi connectivity index (χ3v) is 5.79. The van der Waals surface area contributed by atoms with Gasteiger partial charge >= 0.3 is 0 Å². The van der Waals surface area contributed by atoms with Gasteiger partial charge in [-0.05, 0) is 25.4 Å². The molecule has 0 spiro atoms. The van der Waals surface area contributed by atoms with Gasteiger partial charge in [0.25, 0.3) is 0 Å². The molecule has 0 aromatic carbocycles. The fourth-order valence-electron chi connectivity index (χ4n) is 1.56. The summed E-state index contributed by atoms with van der Waals surface area (Å²) in [5.74, 6) is -0.211. The number of sulfonamides is 1. The van der Waals surface area contributed by atoms with E-state index in [1.54, 1.807) is 18.9 Å². The summed E-state index contributed by atoms with van der Waals surface area (Å²) in [4.78, 5) is 13.5. The summed E-state index contributed by atoms with van der Waals surface area (Å²) in [6.07, 6.45) is 0. The Kier molecular flexibility index (Phi) is 5.54. The number of carbonyl (C=O) groups is 1. The fourth-order valence-corrected chi connectivity index (χ4v) is 3.71. The SMILES string of the molecule is CCN(C)C(=O)C(C)Nc1snc(N)c1S(=O)(=O)N(C)C. The Balaban J connectivity index is 3.10. The summed E-state index contributed by atoms with van der Waals surface area (Å²) < 4.78 is 29.4. The van der Waals surface area contributed by atoms with Crippen LogP contribution < -0.4 is 11.1 Å². The lowest BCUT2D eigenvalue weighted by molar-refractivity contribution is -0.130. The van der Waals surface area contributed by atoms with Crippen molar-refractivity contribution in [2.24, 2.45) is 0 Å². The molecule has 0 aliphatic rings. The van der Waals surface area contributed by atoms with Gasteiger partial charge in [0.1, 0.15) is 11.0 Å². The van der Waals surface area contributed by atoms with Crippen LogP contribution in [0.15, 0.2) is 4.90 Å². The van der Waals surface area contributed by atoms with Crippen molar-refractivity contribution in [2.75, 3.05) is 38.7 Å². The molecular formula is C11H21N5O3S2. The van der Waals surface area contributed by atoms with Crippen molar-refractivity contribution in [1.82, 2.24) is 13.6 Å². The second kappa shape index (κ2) is 6.58. The van der Waals surface area contributed by atoms with Crippen molar-refractivity contribution in [3.8, 4) is 0 Å². The molecule has 3 N–H and O–H groups in total. The van der Waals surface area contributed by atoms with Crippen LogP contribution in [-0.2, 0) is 14.8 Å². The van der Waals surface area contributed by atoms with Crippen LogP contribution in [0.5, 0.6) is 0 Å². The van der Waals surface area contributed by atoms with E-state index in [0.717, 1.165) is 15.8 Å². The van der Waals surface area contributed by atoms with Crippen LogP contribution in [0, 0.1) is 0 Å². The molecule has 21 heavy (non-hydrogen) atoms. The largest absolute Gasteiger partial charge is 0.382 e. The summed E-state index contributed by atoms with van der Waals surface area (Å²) in [6, 6.07) is -0.578. The molecule has 10 heteroatoms. The van der Waals surface area contributed by atoms with E-state index in [2.05, 4.69) is 9.69 Å². The maximum absolute atomic E-state index is 12.3. The van der Waals surface area contributed by atoms with Gasteiger partial charge in [-0.3, -0.25) is 4.79 Å². The summed E-state index contributed by atoms with van der Waals surface area (Å²) >= 11 is 0.923. The van der Waals surface area contributed by atoms with Gasteiger partial charge < -0.3 is 16.0 Å². The standard InChI is InChI=1S/C11H21N5O3S2/c1-6-16(5)11(17)7(2)13-10-8(9(12)14-20-10)21(18,19)15(3)4/h7,13H,6H2,1-5H3,(H2,12,14). The van der Waals surface area contributed by atoms with Crippen molar-refractivity contribution in [3.05, 3.63) is 0 Å². The minimum Gasteiger partial charge on any atom is -0.382 e. The lowest BCUT2D eigenvalue weighted by Crippen LogP contribution is -2.39. The molecule has 0 saturated heterocycles. The van der Waals surface area contributed by atoms with Crippen LogP contribution in [0.1, 0.15) is 13.8 Å². The van der Waals surface area contributed by atoms with Crippen molar-refractivity contribution in [3.63, 3.8) is 0 Å². The second-order valence-electron chi connectivity index (χ2n) is 4.73. The summed E-state index contributed by atoms with van der Waals surface area (Å²) in [7, 11) is 0.781. The molecule has 1 aromatic heterocycles. The molecule has 1 unspecified atom stereocenters. The average molecular weight is 335 g/mol. The van der Waals surface area contributed by atoms with Gasteiger partial charge in [0.15, 0.2) is 10.7 Å². The Hall–Kier alpha value is -1.39. The Bertz CT molecular complexity index is 611. The van der Waals surface area contributed by atoms with Crippen molar-refractivity contribution in [1.29, 1.82) is 0 Å². The molecule has 1 heterocycles. The van der Waals surface area contributed by atoms with Crippen LogP contribution in [0.3, 0.4) is 0 Å². The second-order valence-corrected chi connectivity index (χ2v) is 7.59. The highest BCUT2D eigenvalue weighted by atomic mass is 32.2. The molecule has 0 aliphatic heterocycles. The predicted molar refractivity (Wildman–Crippen MR) is 83.8 cm³/mol. The lowest BCUT2D eigenvalue weighted by Gasteiger charge is -2.21. The Morgan fingerprint density at radius 1 is 1.43 bits per heavy atom. The number of anilines is 2. The monoisotopic (exact) mass is 335 g/mol. The molecule has 1 amide bonds. The van der Waals surface area contributed by atoms with Gasteiger partial charge in [0, 0.05) is 27.7 Å². The van der Waals surface area contributed by atoms with Crippen molar-refractivity contribution >= 4 is 38.3 Å². The van der Waals surface area contributed by atoms with E-state index in [9.17, 15) is 13.2 Å². The molecule has 0 aliphatic carbocycles. The number of likely N-dealkylation sites (N-methyl/N-ethyl adjacent to an activating group) is 1. The highest BCUT2D eigenvalue weighted by Crippen LogP contribution is 2.33. The van der Waals surface area contributed by atoms with Crippen molar-refractivity contribution in [2.45, 2.75) is 24.8 Å². The molecule has 0 saturated carbocycles. The van der Waals surface area contributed by atoms with E-state index in [-0.39, 0.29) is 21.6 Å². The van der Waals surface area contributed by atoms with Gasteiger partial charge in [0.05, 0.1) is 0 Å². The number of hydrogen-bond acceptors (Lipinski definition) is 7. The van der Waals surface area contributed by atoms with Gasteiger partial charge in [-0.15, -0.1) is 0 Å². The van der Waals surface area contributed by atoms with E-state index < -0.39 is 16.1 Å². The van der Waals surface area contributed by atoms with Crippen molar-refractivity contribution < 1.29 is 13.2 Å². The summed E-state index contributed by atoms with van der Waals surface area (Å²) in [5, 5.41) is 3.16. The Labute approximate surface area is 129 Å². The lowest BCUT2D eigenvalue weighted by atomic mass is 10.3. The third kappa shape index (κ3) is 3.63. The van der Waals surface area contributed by atoms with Gasteiger partial charge in [-0.2, -0.15) is 4.37 Å². The number of nitrogen functional groups attached to an aromatic ring is 1. The van der Waals surface area contributed by atoms with Crippen LogP contribution in [-0.4, -0.2) is 61.6 Å². The van der Waals surface area contributed by atoms with Gasteiger partial charge in [-0.1, -0.05) is 0 Å². The molecule has 120 valence electrons. The summed E-state index contributed by atoms with van der Waals surface area (Å²) in [6.45, 7) is 4.09. The topological polar surface area (TPSA) is 109 Å². The fraction of sp³-hybridized carbons (Fsp3) is 0.636. The van der Waals surface area contributed by atoms with Crippen LogP contribution in [0.25, 0.3) is 0 Å². The van der Waals surface area contributed by atoms with Crippen LogP contribution in [0.2, 0.25) is 0 Å². The van der Waals surface area contributed by atoms with Gasteiger partial charge in [0.2, 0.25) is 15.9 Å². The average Bonchev–Trinajstić information content (AvgIpc) is 2.78. The first-order chi connectivity index (χ1) is 9.62. The number of carbonyl (C=O) groups excluding carboxylic acids is 1. The quantitative estimate of drug-likeness (QED) is 0.771.